The van der Waals surface area contributed by atoms with Crippen molar-refractivity contribution in [1.29, 1.82) is 0 Å². The standard InChI is InChI=1S/C24H27N3O/c1-2-11-20(12-3-1)27-24(28-18-17-26-15-6-7-16-26)22-14-8-10-19-9-4-5-13-21(19)23(22)25-27/h1-5,9,11-13H,6-8,10,14-18H2. The van der Waals surface area contributed by atoms with Gasteiger partial charge in [-0.25, -0.2) is 4.68 Å². The average molecular weight is 374 g/mol. The van der Waals surface area contributed by atoms with E-state index >= 15 is 0 Å². The second kappa shape index (κ2) is 7.80. The smallest absolute Gasteiger partial charge is 0.220 e. The van der Waals surface area contributed by atoms with Crippen LogP contribution in [0.1, 0.15) is 30.4 Å². The van der Waals surface area contributed by atoms with Gasteiger partial charge in [-0.05, 0) is 62.9 Å². The van der Waals surface area contributed by atoms with Crippen molar-refractivity contribution in [3.8, 4) is 22.8 Å². The van der Waals surface area contributed by atoms with Gasteiger partial charge in [-0.1, -0.05) is 42.5 Å². The van der Waals surface area contributed by atoms with E-state index in [-0.39, 0.29) is 0 Å². The predicted octanol–water partition coefficient (Wildman–Crippen LogP) is 4.50. The molecular formula is C24H27N3O. The van der Waals surface area contributed by atoms with Crippen LogP contribution in [0.15, 0.2) is 54.6 Å². The first kappa shape index (κ1) is 17.5. The van der Waals surface area contributed by atoms with E-state index in [0.29, 0.717) is 6.61 Å². The lowest BCUT2D eigenvalue weighted by Gasteiger charge is -2.16. The largest absolute Gasteiger partial charge is 0.476 e. The van der Waals surface area contributed by atoms with E-state index in [1.807, 2.05) is 10.7 Å². The average Bonchev–Trinajstić information content (AvgIpc) is 3.34. The molecule has 0 spiro atoms. The van der Waals surface area contributed by atoms with Crippen LogP contribution in [0.3, 0.4) is 0 Å². The third-order valence-electron chi connectivity index (χ3n) is 5.93. The number of fused-ring (bicyclic) bond motifs is 3. The van der Waals surface area contributed by atoms with Gasteiger partial charge in [0.1, 0.15) is 12.3 Å². The van der Waals surface area contributed by atoms with Crippen molar-refractivity contribution in [2.45, 2.75) is 32.1 Å². The summed E-state index contributed by atoms with van der Waals surface area (Å²) in [5.41, 5.74) is 6.06. The molecule has 0 saturated carbocycles. The minimum absolute atomic E-state index is 0.715. The molecule has 0 atom stereocenters. The van der Waals surface area contributed by atoms with Gasteiger partial charge < -0.3 is 4.74 Å². The van der Waals surface area contributed by atoms with Crippen LogP contribution >= 0.6 is 0 Å². The quantitative estimate of drug-likeness (QED) is 0.659. The molecule has 1 aromatic heterocycles. The number of benzene rings is 2. The molecule has 1 aliphatic heterocycles. The van der Waals surface area contributed by atoms with Crippen LogP contribution in [0, 0.1) is 0 Å². The highest BCUT2D eigenvalue weighted by Gasteiger charge is 2.25. The van der Waals surface area contributed by atoms with E-state index in [4.69, 9.17) is 9.84 Å². The van der Waals surface area contributed by atoms with Gasteiger partial charge in [0.15, 0.2) is 0 Å². The van der Waals surface area contributed by atoms with E-state index in [1.54, 1.807) is 0 Å². The molecule has 1 fully saturated rings. The number of ether oxygens (including phenoxy) is 1. The molecule has 4 nitrogen and oxygen atoms in total. The Balaban J connectivity index is 1.53. The summed E-state index contributed by atoms with van der Waals surface area (Å²) in [5, 5.41) is 5.05. The van der Waals surface area contributed by atoms with E-state index < -0.39 is 0 Å². The topological polar surface area (TPSA) is 30.3 Å². The summed E-state index contributed by atoms with van der Waals surface area (Å²) in [6, 6.07) is 19.1. The van der Waals surface area contributed by atoms with Crippen molar-refractivity contribution in [2.75, 3.05) is 26.2 Å². The van der Waals surface area contributed by atoms with Crippen LogP contribution in [0.4, 0.5) is 0 Å². The lowest BCUT2D eigenvalue weighted by molar-refractivity contribution is 0.226. The highest BCUT2D eigenvalue weighted by molar-refractivity contribution is 5.70. The van der Waals surface area contributed by atoms with Gasteiger partial charge >= 0.3 is 0 Å². The molecule has 3 aromatic rings. The molecule has 144 valence electrons. The number of aryl methyl sites for hydroxylation is 1. The molecule has 0 unspecified atom stereocenters. The Bertz CT molecular complexity index is 942. The number of aromatic nitrogens is 2. The number of rotatable bonds is 5. The molecule has 2 aliphatic rings. The lowest BCUT2D eigenvalue weighted by Crippen LogP contribution is -2.25. The van der Waals surface area contributed by atoms with Gasteiger partial charge in [0, 0.05) is 17.7 Å². The zero-order chi connectivity index (χ0) is 18.8. The summed E-state index contributed by atoms with van der Waals surface area (Å²) in [7, 11) is 0. The van der Waals surface area contributed by atoms with Crippen LogP contribution in [-0.4, -0.2) is 40.9 Å². The monoisotopic (exact) mass is 373 g/mol. The summed E-state index contributed by atoms with van der Waals surface area (Å²) in [5.74, 6) is 0.928. The van der Waals surface area contributed by atoms with Crippen LogP contribution in [0.5, 0.6) is 5.88 Å². The van der Waals surface area contributed by atoms with Gasteiger partial charge in [0.2, 0.25) is 5.88 Å². The summed E-state index contributed by atoms with van der Waals surface area (Å²) in [6.45, 7) is 4.11. The molecule has 0 radical (unpaired) electrons. The Hall–Kier alpha value is -2.59. The number of para-hydroxylation sites is 1. The number of likely N-dealkylation sites (tertiary alicyclic amines) is 1. The molecule has 1 aliphatic carbocycles. The summed E-state index contributed by atoms with van der Waals surface area (Å²) >= 11 is 0. The summed E-state index contributed by atoms with van der Waals surface area (Å²) < 4.78 is 8.43. The molecule has 2 heterocycles. The zero-order valence-electron chi connectivity index (χ0n) is 16.3. The summed E-state index contributed by atoms with van der Waals surface area (Å²) in [6.07, 6.45) is 5.87. The second-order valence-electron chi connectivity index (χ2n) is 7.79. The first-order valence-corrected chi connectivity index (χ1v) is 10.5. The van der Waals surface area contributed by atoms with E-state index in [2.05, 4.69) is 53.4 Å². The molecule has 0 amide bonds. The number of nitrogens with zero attached hydrogens (tertiary/aromatic N) is 3. The van der Waals surface area contributed by atoms with Crippen molar-refractivity contribution in [3.63, 3.8) is 0 Å². The van der Waals surface area contributed by atoms with E-state index in [9.17, 15) is 0 Å². The maximum atomic E-state index is 6.42. The molecule has 2 aromatic carbocycles. The maximum absolute atomic E-state index is 6.42. The highest BCUT2D eigenvalue weighted by Crippen LogP contribution is 2.38. The Kier molecular flexibility index (Phi) is 4.88. The Labute approximate surface area is 166 Å². The van der Waals surface area contributed by atoms with E-state index in [1.165, 1.54) is 42.6 Å². The van der Waals surface area contributed by atoms with E-state index in [0.717, 1.165) is 43.1 Å². The zero-order valence-corrected chi connectivity index (χ0v) is 16.3. The number of hydrogen-bond donors (Lipinski definition) is 0. The fourth-order valence-corrected chi connectivity index (χ4v) is 4.47. The minimum Gasteiger partial charge on any atom is -0.476 e. The van der Waals surface area contributed by atoms with Gasteiger partial charge in [-0.15, -0.1) is 0 Å². The fourth-order valence-electron chi connectivity index (χ4n) is 4.47. The van der Waals surface area contributed by atoms with Crippen molar-refractivity contribution >= 4 is 0 Å². The first-order chi connectivity index (χ1) is 13.9. The Morgan fingerprint density at radius 1 is 0.857 bits per heavy atom. The van der Waals surface area contributed by atoms with Crippen molar-refractivity contribution in [1.82, 2.24) is 14.7 Å². The first-order valence-electron chi connectivity index (χ1n) is 10.5. The highest BCUT2D eigenvalue weighted by atomic mass is 16.5. The minimum atomic E-state index is 0.715. The SMILES string of the molecule is c1ccc(-n2nc3c(c2OCCN2CCCC2)CCCc2ccccc2-3)cc1. The lowest BCUT2D eigenvalue weighted by atomic mass is 10.0. The fraction of sp³-hybridized carbons (Fsp3) is 0.375. The third kappa shape index (κ3) is 3.33. The van der Waals surface area contributed by atoms with Crippen LogP contribution < -0.4 is 4.74 Å². The third-order valence-corrected chi connectivity index (χ3v) is 5.93. The number of hydrogen-bond acceptors (Lipinski definition) is 3. The molecule has 0 N–H and O–H groups in total. The summed E-state index contributed by atoms with van der Waals surface area (Å²) in [4.78, 5) is 2.50. The van der Waals surface area contributed by atoms with Crippen molar-refractivity contribution in [3.05, 3.63) is 65.7 Å². The van der Waals surface area contributed by atoms with Crippen LogP contribution in [0.25, 0.3) is 16.9 Å². The Morgan fingerprint density at radius 2 is 1.64 bits per heavy atom. The molecule has 0 bridgehead atoms. The molecule has 1 saturated heterocycles. The van der Waals surface area contributed by atoms with Crippen LogP contribution in [-0.2, 0) is 12.8 Å². The predicted molar refractivity (Wildman–Crippen MR) is 112 cm³/mol. The van der Waals surface area contributed by atoms with Crippen molar-refractivity contribution in [2.24, 2.45) is 0 Å². The van der Waals surface area contributed by atoms with Crippen LogP contribution in [0.2, 0.25) is 0 Å². The van der Waals surface area contributed by atoms with Gasteiger partial charge in [-0.2, -0.15) is 5.10 Å². The van der Waals surface area contributed by atoms with Gasteiger partial charge in [0.05, 0.1) is 5.69 Å². The molecular weight excluding hydrogens is 346 g/mol. The molecule has 5 rings (SSSR count). The Morgan fingerprint density at radius 3 is 2.50 bits per heavy atom. The molecule has 4 heteroatoms. The normalized spacial score (nSPS) is 16.4. The second-order valence-corrected chi connectivity index (χ2v) is 7.79. The van der Waals surface area contributed by atoms with Crippen molar-refractivity contribution < 1.29 is 4.74 Å². The maximum Gasteiger partial charge on any atom is 0.220 e. The van der Waals surface area contributed by atoms with Gasteiger partial charge in [0.25, 0.3) is 0 Å². The molecule has 28 heavy (non-hydrogen) atoms. The van der Waals surface area contributed by atoms with Gasteiger partial charge in [-0.3, -0.25) is 4.90 Å².